The van der Waals surface area contributed by atoms with E-state index in [9.17, 15) is 23.4 Å². The van der Waals surface area contributed by atoms with Crippen molar-refractivity contribution in [1.29, 1.82) is 0 Å². The Morgan fingerprint density at radius 2 is 2.02 bits per heavy atom. The summed E-state index contributed by atoms with van der Waals surface area (Å²) in [6.45, 7) is 1.86. The van der Waals surface area contributed by atoms with E-state index < -0.39 is 27.3 Å². The summed E-state index contributed by atoms with van der Waals surface area (Å²) in [5.74, 6) is 0.114. The lowest BCUT2D eigenvalue weighted by Gasteiger charge is -2.45. The summed E-state index contributed by atoms with van der Waals surface area (Å²) in [4.78, 5) is 14.2. The molecule has 2 aromatic rings. The third kappa shape index (κ3) is 5.61. The number of aliphatic hydroxyl groups is 1. The van der Waals surface area contributed by atoms with Crippen LogP contribution in [-0.4, -0.2) is 55.7 Å². The number of aliphatic hydroxyl groups excluding tert-OH is 1. The summed E-state index contributed by atoms with van der Waals surface area (Å²) < 4.78 is 29.5. The number of nitrogens with zero attached hydrogens (tertiary/aromatic N) is 1. The SMILES string of the molecule is NS(=O)(=O)[C@H]1C[C@H](/C=C/[C@H](O)[C@@H]2CC[C@H]2CN2C[C@@]3(CCCc4cc(Cl)ccc43)COc3ccc(C(=O)O)cc32)C1. The molecule has 0 bridgehead atoms. The second-order valence-electron chi connectivity index (χ2n) is 12.4. The van der Waals surface area contributed by atoms with Gasteiger partial charge in [0.1, 0.15) is 5.75 Å². The summed E-state index contributed by atoms with van der Waals surface area (Å²) in [5, 5.41) is 26.3. The number of primary sulfonamides is 1. The zero-order valence-corrected chi connectivity index (χ0v) is 24.5. The van der Waals surface area contributed by atoms with E-state index in [1.165, 1.54) is 11.1 Å². The topological polar surface area (TPSA) is 130 Å². The fourth-order valence-electron chi connectivity index (χ4n) is 7.25. The molecule has 41 heavy (non-hydrogen) atoms. The van der Waals surface area contributed by atoms with Gasteiger partial charge >= 0.3 is 5.97 Å². The van der Waals surface area contributed by atoms with Crippen LogP contribution in [0.4, 0.5) is 5.69 Å². The monoisotopic (exact) mass is 600 g/mol. The van der Waals surface area contributed by atoms with Crippen molar-refractivity contribution < 1.29 is 28.2 Å². The molecule has 4 N–H and O–H groups in total. The van der Waals surface area contributed by atoms with E-state index in [0.717, 1.165) is 42.8 Å². The van der Waals surface area contributed by atoms with Crippen molar-refractivity contribution in [2.24, 2.45) is 22.9 Å². The second kappa shape index (κ2) is 10.9. The Morgan fingerprint density at radius 1 is 1.22 bits per heavy atom. The molecule has 10 heteroatoms. The van der Waals surface area contributed by atoms with Crippen LogP contribution in [0.3, 0.4) is 0 Å². The fourth-order valence-corrected chi connectivity index (χ4v) is 8.47. The van der Waals surface area contributed by atoms with E-state index in [2.05, 4.69) is 17.0 Å². The first-order valence-corrected chi connectivity index (χ1v) is 16.4. The molecule has 0 saturated heterocycles. The Hall–Kier alpha value is -2.59. The lowest BCUT2D eigenvalue weighted by atomic mass is 9.68. The van der Waals surface area contributed by atoms with Crippen LogP contribution in [-0.2, 0) is 21.9 Å². The molecule has 1 spiro atoms. The van der Waals surface area contributed by atoms with Crippen LogP contribution in [0.25, 0.3) is 0 Å². The summed E-state index contributed by atoms with van der Waals surface area (Å²) in [6.07, 6.45) is 8.96. The average molecular weight is 601 g/mol. The quantitative estimate of drug-likeness (QED) is 0.398. The predicted molar refractivity (Wildman–Crippen MR) is 158 cm³/mol. The van der Waals surface area contributed by atoms with Gasteiger partial charge in [0.15, 0.2) is 0 Å². The molecule has 2 aromatic carbocycles. The van der Waals surface area contributed by atoms with Crippen LogP contribution in [0.1, 0.15) is 60.0 Å². The molecule has 6 rings (SSSR count). The number of ether oxygens (including phenoxy) is 1. The van der Waals surface area contributed by atoms with Gasteiger partial charge in [0.25, 0.3) is 0 Å². The number of benzene rings is 2. The number of anilines is 1. The first-order valence-electron chi connectivity index (χ1n) is 14.4. The Kier molecular flexibility index (Phi) is 7.59. The summed E-state index contributed by atoms with van der Waals surface area (Å²) in [5.41, 5.74) is 3.23. The number of sulfonamides is 1. The van der Waals surface area contributed by atoms with E-state index in [-0.39, 0.29) is 28.7 Å². The third-order valence-corrected chi connectivity index (χ3v) is 11.4. The number of allylic oxidation sites excluding steroid dienone is 1. The Morgan fingerprint density at radius 3 is 2.73 bits per heavy atom. The summed E-state index contributed by atoms with van der Waals surface area (Å²) >= 11 is 6.35. The van der Waals surface area contributed by atoms with Crippen molar-refractivity contribution in [2.45, 2.75) is 61.7 Å². The van der Waals surface area contributed by atoms with Crippen LogP contribution in [0, 0.1) is 17.8 Å². The van der Waals surface area contributed by atoms with E-state index in [0.29, 0.717) is 38.3 Å². The van der Waals surface area contributed by atoms with Gasteiger partial charge in [-0.3, -0.25) is 0 Å². The van der Waals surface area contributed by atoms with Gasteiger partial charge in [-0.2, -0.15) is 0 Å². The molecule has 220 valence electrons. The normalized spacial score (nSPS) is 30.0. The number of carboxylic acid groups (broad SMARTS) is 1. The summed E-state index contributed by atoms with van der Waals surface area (Å²) in [6, 6.07) is 11.2. The molecule has 1 aliphatic heterocycles. The van der Waals surface area contributed by atoms with Gasteiger partial charge in [-0.1, -0.05) is 29.8 Å². The molecule has 4 aliphatic rings. The number of aromatic carboxylic acids is 1. The summed E-state index contributed by atoms with van der Waals surface area (Å²) in [7, 11) is -3.50. The van der Waals surface area contributed by atoms with Crippen LogP contribution >= 0.6 is 11.6 Å². The fraction of sp³-hybridized carbons (Fsp3) is 0.516. The molecule has 8 nitrogen and oxygen atoms in total. The lowest BCUT2D eigenvalue weighted by Crippen LogP contribution is -2.49. The third-order valence-electron chi connectivity index (χ3n) is 9.83. The van der Waals surface area contributed by atoms with Gasteiger partial charge in [0.2, 0.25) is 10.0 Å². The maximum atomic E-state index is 11.9. The standard InChI is InChI=1S/C31H37ClN2O6S/c32-23-6-8-26-20(14-23)2-1-11-31(26)17-34(27-15-21(30(36)37)5-10-29(27)40-18-31)16-22-4-7-25(22)28(35)9-3-19-12-24(13-19)41(33,38)39/h3,5-6,8-10,14-15,19,22,24-25,28,35H,1-2,4,7,11-13,16-18H2,(H,36,37)(H2,33,38,39)/b9-3+/t19-,22-,24-,25+,28-,31-/m0/s1. The minimum atomic E-state index is -3.50. The maximum Gasteiger partial charge on any atom is 0.335 e. The van der Waals surface area contributed by atoms with Crippen molar-refractivity contribution >= 4 is 33.3 Å². The van der Waals surface area contributed by atoms with E-state index in [4.69, 9.17) is 21.5 Å². The highest BCUT2D eigenvalue weighted by Gasteiger charge is 2.44. The highest BCUT2D eigenvalue weighted by Crippen LogP contribution is 2.47. The van der Waals surface area contributed by atoms with Crippen LogP contribution in [0.2, 0.25) is 5.02 Å². The number of carbonyl (C=O) groups is 1. The van der Waals surface area contributed by atoms with Gasteiger partial charge in [0.05, 0.1) is 29.2 Å². The molecule has 0 radical (unpaired) electrons. The number of hydrogen-bond acceptors (Lipinski definition) is 6. The van der Waals surface area contributed by atoms with Crippen molar-refractivity contribution in [2.75, 3.05) is 24.6 Å². The van der Waals surface area contributed by atoms with Crippen LogP contribution in [0.15, 0.2) is 48.6 Å². The first-order chi connectivity index (χ1) is 19.5. The van der Waals surface area contributed by atoms with E-state index >= 15 is 0 Å². The molecule has 3 aliphatic carbocycles. The Labute approximate surface area is 246 Å². The zero-order chi connectivity index (χ0) is 28.9. The molecule has 1 heterocycles. The molecular weight excluding hydrogens is 564 g/mol. The number of fused-ring (bicyclic) bond motifs is 3. The van der Waals surface area contributed by atoms with Crippen molar-refractivity contribution in [3.8, 4) is 5.75 Å². The minimum Gasteiger partial charge on any atom is -0.490 e. The van der Waals surface area contributed by atoms with Gasteiger partial charge in [0, 0.05) is 23.5 Å². The van der Waals surface area contributed by atoms with Crippen LogP contribution in [0.5, 0.6) is 5.75 Å². The molecule has 0 amide bonds. The molecule has 0 unspecified atom stereocenters. The number of nitrogens with two attached hydrogens (primary N) is 1. The van der Waals surface area contributed by atoms with Gasteiger partial charge in [-0.05, 0) is 104 Å². The zero-order valence-electron chi connectivity index (χ0n) is 22.9. The second-order valence-corrected chi connectivity index (χ2v) is 14.7. The van der Waals surface area contributed by atoms with E-state index in [1.807, 2.05) is 18.2 Å². The first kappa shape index (κ1) is 28.5. The average Bonchev–Trinajstić information content (AvgIpc) is 3.02. The van der Waals surface area contributed by atoms with Crippen molar-refractivity contribution in [3.05, 3.63) is 70.3 Å². The minimum absolute atomic E-state index is 0.0732. The Bertz CT molecular complexity index is 1470. The highest BCUT2D eigenvalue weighted by atomic mass is 35.5. The van der Waals surface area contributed by atoms with E-state index in [1.54, 1.807) is 18.2 Å². The number of aryl methyl sites for hydroxylation is 1. The lowest BCUT2D eigenvalue weighted by molar-refractivity contribution is 0.0453. The molecule has 2 saturated carbocycles. The predicted octanol–water partition coefficient (Wildman–Crippen LogP) is 4.52. The van der Waals surface area contributed by atoms with Gasteiger partial charge < -0.3 is 19.8 Å². The van der Waals surface area contributed by atoms with Crippen LogP contribution < -0.4 is 14.8 Å². The largest absolute Gasteiger partial charge is 0.490 e. The van der Waals surface area contributed by atoms with Gasteiger partial charge in [-0.15, -0.1) is 0 Å². The number of halogens is 1. The smallest absolute Gasteiger partial charge is 0.335 e. The Balaban J connectivity index is 1.24. The number of hydrogen-bond donors (Lipinski definition) is 3. The van der Waals surface area contributed by atoms with Gasteiger partial charge in [-0.25, -0.2) is 18.4 Å². The van der Waals surface area contributed by atoms with Crippen molar-refractivity contribution in [3.63, 3.8) is 0 Å². The molecule has 4 atom stereocenters. The molecule has 2 fully saturated rings. The molecular formula is C31H37ClN2O6S. The maximum absolute atomic E-state index is 11.9. The number of rotatable bonds is 7. The molecule has 0 aromatic heterocycles. The number of carboxylic acids is 1. The van der Waals surface area contributed by atoms with Crippen molar-refractivity contribution in [1.82, 2.24) is 0 Å². The highest BCUT2D eigenvalue weighted by molar-refractivity contribution is 7.89.